The smallest absolute Gasteiger partial charge is 0.137 e. The Bertz CT molecular complexity index is 2690. The van der Waals surface area contributed by atoms with Crippen LogP contribution in [0.5, 0.6) is 0 Å². The first-order valence-corrected chi connectivity index (χ1v) is 19.9. The molecule has 2 heteroatoms. The molecule has 2 nitrogen and oxygen atoms in total. The third-order valence-corrected chi connectivity index (χ3v) is 13.9. The number of rotatable bonds is 5. The minimum absolute atomic E-state index is 0.171. The molecule has 4 saturated carbocycles. The van der Waals surface area contributed by atoms with Gasteiger partial charge in [0.05, 0.1) is 11.1 Å². The molecule has 0 aliphatic heterocycles. The fraction of sp³-hybridized carbons (Fsp3) is 0.192. The van der Waals surface area contributed by atoms with Gasteiger partial charge in [0.15, 0.2) is 0 Å². The van der Waals surface area contributed by atoms with Crippen LogP contribution in [0.25, 0.3) is 55.3 Å². The van der Waals surface area contributed by atoms with Crippen molar-refractivity contribution in [2.24, 2.45) is 23.7 Å². The topological polar surface area (TPSA) is 16.4 Å². The van der Waals surface area contributed by atoms with Gasteiger partial charge in [0, 0.05) is 22.2 Å². The van der Waals surface area contributed by atoms with Gasteiger partial charge in [0.1, 0.15) is 11.2 Å². The highest BCUT2D eigenvalue weighted by Crippen LogP contribution is 2.69. The average molecular weight is 696 g/mol. The van der Waals surface area contributed by atoms with Crippen LogP contribution in [-0.4, -0.2) is 0 Å². The summed E-state index contributed by atoms with van der Waals surface area (Å²) in [6.45, 7) is 0. The van der Waals surface area contributed by atoms with Crippen LogP contribution in [0, 0.1) is 23.7 Å². The van der Waals surface area contributed by atoms with E-state index in [0.717, 1.165) is 62.7 Å². The van der Waals surface area contributed by atoms with E-state index in [1.54, 1.807) is 11.1 Å². The molecular formula is C52H41NO. The molecule has 0 saturated heterocycles. The Morgan fingerprint density at radius 1 is 0.444 bits per heavy atom. The molecule has 1 aromatic heterocycles. The lowest BCUT2D eigenvalue weighted by atomic mass is 9.43. The third-order valence-electron chi connectivity index (χ3n) is 13.9. The first-order valence-electron chi connectivity index (χ1n) is 19.9. The molecule has 5 aliphatic rings. The number of furan rings is 1. The van der Waals surface area contributed by atoms with Crippen molar-refractivity contribution < 1.29 is 4.42 Å². The van der Waals surface area contributed by atoms with Crippen LogP contribution in [0.15, 0.2) is 168 Å². The van der Waals surface area contributed by atoms with E-state index in [1.165, 1.54) is 65.5 Å². The predicted molar refractivity (Wildman–Crippen MR) is 223 cm³/mol. The van der Waals surface area contributed by atoms with Gasteiger partial charge in [-0.2, -0.15) is 0 Å². The molecule has 4 fully saturated rings. The molecule has 13 rings (SSSR count). The van der Waals surface area contributed by atoms with Crippen LogP contribution < -0.4 is 4.90 Å². The van der Waals surface area contributed by atoms with Crippen LogP contribution >= 0.6 is 0 Å². The first-order chi connectivity index (χ1) is 26.7. The van der Waals surface area contributed by atoms with Gasteiger partial charge in [-0.1, -0.05) is 115 Å². The van der Waals surface area contributed by atoms with E-state index in [2.05, 4.69) is 163 Å². The first kappa shape index (κ1) is 30.6. The predicted octanol–water partition coefficient (Wildman–Crippen LogP) is 14.1. The zero-order valence-electron chi connectivity index (χ0n) is 30.3. The largest absolute Gasteiger partial charge is 0.456 e. The summed E-state index contributed by atoms with van der Waals surface area (Å²) < 4.78 is 6.39. The Morgan fingerprint density at radius 3 is 1.76 bits per heavy atom. The Morgan fingerprint density at radius 2 is 1.02 bits per heavy atom. The molecule has 7 aromatic carbocycles. The molecule has 0 amide bonds. The molecule has 0 unspecified atom stereocenters. The molecule has 5 aliphatic carbocycles. The Labute approximate surface area is 316 Å². The highest BCUT2D eigenvalue weighted by atomic mass is 16.3. The van der Waals surface area contributed by atoms with E-state index >= 15 is 0 Å². The maximum atomic E-state index is 6.39. The lowest BCUT2D eigenvalue weighted by molar-refractivity contribution is -0.0399. The Kier molecular flexibility index (Phi) is 6.55. The zero-order valence-corrected chi connectivity index (χ0v) is 30.3. The Balaban J connectivity index is 0.977. The van der Waals surface area contributed by atoms with Crippen molar-refractivity contribution in [3.8, 4) is 33.4 Å². The van der Waals surface area contributed by atoms with Gasteiger partial charge in [-0.25, -0.2) is 0 Å². The summed E-state index contributed by atoms with van der Waals surface area (Å²) in [5.74, 6) is 3.40. The van der Waals surface area contributed by atoms with Crippen LogP contribution in [0.3, 0.4) is 0 Å². The van der Waals surface area contributed by atoms with E-state index in [1.807, 2.05) is 6.07 Å². The van der Waals surface area contributed by atoms with Gasteiger partial charge in [-0.15, -0.1) is 0 Å². The summed E-state index contributed by atoms with van der Waals surface area (Å²) in [5.41, 5.74) is 16.5. The zero-order chi connectivity index (χ0) is 35.4. The minimum Gasteiger partial charge on any atom is -0.456 e. The lowest BCUT2D eigenvalue weighted by Gasteiger charge is -2.61. The molecule has 260 valence electrons. The summed E-state index contributed by atoms with van der Waals surface area (Å²) in [7, 11) is 0. The van der Waals surface area contributed by atoms with Crippen molar-refractivity contribution in [1.82, 2.24) is 0 Å². The Hall–Kier alpha value is -5.86. The van der Waals surface area contributed by atoms with Gasteiger partial charge in [-0.05, 0) is 149 Å². The van der Waals surface area contributed by atoms with Crippen molar-refractivity contribution in [3.05, 3.63) is 175 Å². The second-order valence-electron chi connectivity index (χ2n) is 16.5. The fourth-order valence-electron chi connectivity index (χ4n) is 11.9. The summed E-state index contributed by atoms with van der Waals surface area (Å²) in [6, 6.07) is 60.5. The van der Waals surface area contributed by atoms with Crippen molar-refractivity contribution in [2.45, 2.75) is 37.5 Å². The van der Waals surface area contributed by atoms with Crippen molar-refractivity contribution in [2.75, 3.05) is 4.90 Å². The maximum absolute atomic E-state index is 6.39. The second-order valence-corrected chi connectivity index (χ2v) is 16.5. The average Bonchev–Trinajstić information content (AvgIpc) is 3.75. The van der Waals surface area contributed by atoms with E-state index in [4.69, 9.17) is 4.42 Å². The normalized spacial score (nSPS) is 23.3. The fourth-order valence-corrected chi connectivity index (χ4v) is 11.9. The number of nitrogens with zero attached hydrogens (tertiary/aromatic N) is 1. The highest BCUT2D eigenvalue weighted by molar-refractivity contribution is 6.13. The van der Waals surface area contributed by atoms with Crippen LogP contribution in [-0.2, 0) is 5.41 Å². The number of hydrogen-bond donors (Lipinski definition) is 0. The summed E-state index contributed by atoms with van der Waals surface area (Å²) in [4.78, 5) is 2.39. The summed E-state index contributed by atoms with van der Waals surface area (Å²) >= 11 is 0. The molecule has 4 bridgehead atoms. The molecule has 1 heterocycles. The molecule has 1 spiro atoms. The minimum atomic E-state index is 0.171. The van der Waals surface area contributed by atoms with Crippen molar-refractivity contribution >= 4 is 39.0 Å². The van der Waals surface area contributed by atoms with E-state index in [-0.39, 0.29) is 5.41 Å². The van der Waals surface area contributed by atoms with Gasteiger partial charge in [-0.3, -0.25) is 0 Å². The van der Waals surface area contributed by atoms with Crippen LogP contribution in [0.4, 0.5) is 17.1 Å². The SMILES string of the molecule is c1ccc(-c2ccc(N(c3ccc(-c4ccc5c(c4)C4(c6ccccc6-5)C5CC6CC(C5)CC4C6)cc3)c3cccc4oc5ccccc5c34)cc2)cc1. The van der Waals surface area contributed by atoms with Crippen LogP contribution in [0.1, 0.15) is 43.2 Å². The van der Waals surface area contributed by atoms with E-state index in [9.17, 15) is 0 Å². The lowest BCUT2D eigenvalue weighted by Crippen LogP contribution is -2.55. The molecular weight excluding hydrogens is 655 g/mol. The summed E-state index contributed by atoms with van der Waals surface area (Å²) in [6.07, 6.45) is 7.09. The number of anilines is 3. The van der Waals surface area contributed by atoms with Gasteiger partial charge >= 0.3 is 0 Å². The van der Waals surface area contributed by atoms with Gasteiger partial charge in [0.25, 0.3) is 0 Å². The van der Waals surface area contributed by atoms with Crippen LogP contribution in [0.2, 0.25) is 0 Å². The maximum Gasteiger partial charge on any atom is 0.137 e. The molecule has 54 heavy (non-hydrogen) atoms. The van der Waals surface area contributed by atoms with E-state index in [0.29, 0.717) is 0 Å². The quantitative estimate of drug-likeness (QED) is 0.178. The second kappa shape index (κ2) is 11.6. The van der Waals surface area contributed by atoms with Crippen molar-refractivity contribution in [3.63, 3.8) is 0 Å². The molecule has 0 N–H and O–H groups in total. The van der Waals surface area contributed by atoms with Crippen molar-refractivity contribution in [1.29, 1.82) is 0 Å². The highest BCUT2D eigenvalue weighted by Gasteiger charge is 2.61. The van der Waals surface area contributed by atoms with Gasteiger partial charge < -0.3 is 9.32 Å². The number of para-hydroxylation sites is 1. The number of hydrogen-bond acceptors (Lipinski definition) is 2. The van der Waals surface area contributed by atoms with E-state index < -0.39 is 0 Å². The summed E-state index contributed by atoms with van der Waals surface area (Å²) in [5, 5.41) is 2.26. The van der Waals surface area contributed by atoms with Gasteiger partial charge in [0.2, 0.25) is 0 Å². The molecule has 8 aromatic rings. The molecule has 0 atom stereocenters. The standard InChI is InChI=1S/C52H41NO/c1-2-9-35(10-3-1)36-17-22-41(23-18-36)53(48-14-8-16-50-51(48)45-12-5-7-15-49(45)54-50)42-24-19-37(20-25-42)38-21-26-44-43-11-4-6-13-46(43)52(47(44)32-38)39-28-33-27-34(30-39)31-40(52)29-33/h1-26,32-34,39-40H,27-31H2. The number of benzene rings is 7. The third kappa shape index (κ3) is 4.34. The monoisotopic (exact) mass is 695 g/mol. The number of fused-ring (bicyclic) bond motifs is 6. The molecule has 0 radical (unpaired) electrons.